The van der Waals surface area contributed by atoms with Crippen LogP contribution < -0.4 is 0 Å². The standard InChI is InChI=1S/C24H30F3N4O2/c1-16-13-20(28-29-21(16)18-8-10-19(11-9-18)24(25,26)27)30(5)14-17-7-6-12-31(15-17)22(32)33-23(2,3)4/h8-11,13-14,17H,6-7,12,15H2,1-5H3/q+1. The first kappa shape index (κ1) is 24.7. The van der Waals surface area contributed by atoms with Gasteiger partial charge >= 0.3 is 18.1 Å². The maximum Gasteiger partial charge on any atom is 0.416 e. The molecule has 33 heavy (non-hydrogen) atoms. The molecule has 178 valence electrons. The molecule has 1 aromatic carbocycles. The summed E-state index contributed by atoms with van der Waals surface area (Å²) in [5, 5.41) is 8.53. The van der Waals surface area contributed by atoms with Crippen molar-refractivity contribution in [3.63, 3.8) is 0 Å². The zero-order chi connectivity index (χ0) is 24.4. The van der Waals surface area contributed by atoms with Crippen LogP contribution in [-0.4, -0.2) is 57.7 Å². The third kappa shape index (κ3) is 6.52. The lowest BCUT2D eigenvalue weighted by molar-refractivity contribution is -0.407. The number of rotatable bonds is 3. The van der Waals surface area contributed by atoms with Gasteiger partial charge in [0.25, 0.3) is 0 Å². The number of alkyl halides is 3. The SMILES string of the molecule is Cc1cc([N+](C)=CC2CCCN(C(=O)OC(C)(C)C)C2)nnc1-c1ccc(C(F)(F)F)cc1. The molecule has 1 aromatic heterocycles. The first-order chi connectivity index (χ1) is 15.3. The molecule has 2 aromatic rings. The van der Waals surface area contributed by atoms with Crippen molar-refractivity contribution in [3.05, 3.63) is 41.5 Å². The van der Waals surface area contributed by atoms with Crippen molar-refractivity contribution < 1.29 is 27.3 Å². The minimum atomic E-state index is -4.38. The van der Waals surface area contributed by atoms with Crippen LogP contribution in [0.15, 0.2) is 30.3 Å². The summed E-state index contributed by atoms with van der Waals surface area (Å²) in [5.74, 6) is 0.769. The number of hydrogen-bond acceptors (Lipinski definition) is 4. The van der Waals surface area contributed by atoms with Crippen LogP contribution in [0.2, 0.25) is 0 Å². The van der Waals surface area contributed by atoms with E-state index >= 15 is 0 Å². The average Bonchev–Trinajstić information content (AvgIpc) is 2.72. The lowest BCUT2D eigenvalue weighted by Gasteiger charge is -2.32. The number of aromatic nitrogens is 2. The second-order valence-corrected chi connectivity index (χ2v) is 9.40. The second-order valence-electron chi connectivity index (χ2n) is 9.40. The summed E-state index contributed by atoms with van der Waals surface area (Å²) in [6, 6.07) is 6.75. The van der Waals surface area contributed by atoms with Gasteiger partial charge in [-0.25, -0.2) is 9.37 Å². The molecule has 9 heteroatoms. The highest BCUT2D eigenvalue weighted by Gasteiger charge is 2.30. The minimum Gasteiger partial charge on any atom is -0.444 e. The predicted octanol–water partition coefficient (Wildman–Crippen LogP) is 5.46. The molecule has 1 amide bonds. The smallest absolute Gasteiger partial charge is 0.416 e. The van der Waals surface area contributed by atoms with Gasteiger partial charge in [-0.2, -0.15) is 13.2 Å². The largest absolute Gasteiger partial charge is 0.444 e. The second kappa shape index (κ2) is 9.49. The highest BCUT2D eigenvalue weighted by molar-refractivity contribution is 5.69. The molecule has 0 aliphatic carbocycles. The van der Waals surface area contributed by atoms with Crippen LogP contribution >= 0.6 is 0 Å². The van der Waals surface area contributed by atoms with Crippen LogP contribution in [0.4, 0.5) is 23.8 Å². The summed E-state index contributed by atoms with van der Waals surface area (Å²) in [6.07, 6.45) is -0.830. The molecular formula is C24H30F3N4O2+. The van der Waals surface area contributed by atoms with Crippen LogP contribution in [0.3, 0.4) is 0 Å². The summed E-state index contributed by atoms with van der Waals surface area (Å²) in [4.78, 5) is 14.1. The van der Waals surface area contributed by atoms with Crippen molar-refractivity contribution >= 4 is 18.1 Å². The average molecular weight is 464 g/mol. The van der Waals surface area contributed by atoms with Crippen molar-refractivity contribution in [1.82, 2.24) is 15.1 Å². The number of likely N-dealkylation sites (tertiary alicyclic amines) is 1. The van der Waals surface area contributed by atoms with E-state index in [9.17, 15) is 18.0 Å². The fraction of sp³-hybridized carbons (Fsp3) is 0.500. The third-order valence-corrected chi connectivity index (χ3v) is 5.36. The quantitative estimate of drug-likeness (QED) is 0.448. The summed E-state index contributed by atoms with van der Waals surface area (Å²) in [5.41, 5.74) is 0.683. The molecule has 0 N–H and O–H groups in total. The number of carbonyl (C=O) groups is 1. The summed E-state index contributed by atoms with van der Waals surface area (Å²) >= 11 is 0. The number of halogens is 3. The van der Waals surface area contributed by atoms with E-state index in [1.54, 1.807) is 4.90 Å². The Morgan fingerprint density at radius 3 is 2.42 bits per heavy atom. The van der Waals surface area contributed by atoms with E-state index in [4.69, 9.17) is 4.74 Å². The van der Waals surface area contributed by atoms with Gasteiger partial charge in [0.1, 0.15) is 11.3 Å². The molecule has 1 saturated heterocycles. The normalized spacial score (nSPS) is 17.8. The molecule has 6 nitrogen and oxygen atoms in total. The number of carbonyl (C=O) groups excluding carboxylic acids is 1. The number of amides is 1. The van der Waals surface area contributed by atoms with Crippen LogP contribution in [0.25, 0.3) is 11.3 Å². The lowest BCUT2D eigenvalue weighted by Crippen LogP contribution is -2.43. The highest BCUT2D eigenvalue weighted by atomic mass is 19.4. The molecule has 1 unspecified atom stereocenters. The summed E-state index contributed by atoms with van der Waals surface area (Å²) < 4.78 is 45.8. The van der Waals surface area contributed by atoms with E-state index in [1.807, 2.05) is 51.6 Å². The Kier molecular flexibility index (Phi) is 7.09. The molecule has 3 rings (SSSR count). The number of hydrogen-bond donors (Lipinski definition) is 0. The molecule has 1 fully saturated rings. The van der Waals surface area contributed by atoms with E-state index in [1.165, 1.54) is 12.1 Å². The van der Waals surface area contributed by atoms with Crippen molar-refractivity contribution in [2.24, 2.45) is 5.92 Å². The van der Waals surface area contributed by atoms with E-state index in [-0.39, 0.29) is 12.0 Å². The van der Waals surface area contributed by atoms with Gasteiger partial charge in [-0.05, 0) is 63.3 Å². The molecule has 0 radical (unpaired) electrons. The Hall–Kier alpha value is -2.97. The molecule has 2 heterocycles. The highest BCUT2D eigenvalue weighted by Crippen LogP contribution is 2.31. The number of benzene rings is 1. The Bertz CT molecular complexity index is 1030. The van der Waals surface area contributed by atoms with Gasteiger partial charge in [0.15, 0.2) is 0 Å². The predicted molar refractivity (Wildman–Crippen MR) is 120 cm³/mol. The summed E-state index contributed by atoms with van der Waals surface area (Å²) in [7, 11) is 1.87. The molecule has 0 bridgehead atoms. The van der Waals surface area contributed by atoms with Crippen molar-refractivity contribution in [2.75, 3.05) is 20.1 Å². The van der Waals surface area contributed by atoms with E-state index in [2.05, 4.69) is 10.2 Å². The first-order valence-corrected chi connectivity index (χ1v) is 10.9. The number of nitrogens with zero attached hydrogens (tertiary/aromatic N) is 4. The molecule has 0 saturated carbocycles. The fourth-order valence-electron chi connectivity index (χ4n) is 3.76. The Morgan fingerprint density at radius 1 is 1.18 bits per heavy atom. The monoisotopic (exact) mass is 463 g/mol. The Morgan fingerprint density at radius 2 is 1.85 bits per heavy atom. The van der Waals surface area contributed by atoms with Crippen LogP contribution in [-0.2, 0) is 10.9 Å². The van der Waals surface area contributed by atoms with Crippen molar-refractivity contribution in [1.29, 1.82) is 0 Å². The van der Waals surface area contributed by atoms with Gasteiger partial charge in [-0.1, -0.05) is 12.1 Å². The van der Waals surface area contributed by atoms with Gasteiger partial charge in [-0.15, -0.1) is 0 Å². The topological polar surface area (TPSA) is 58.3 Å². The van der Waals surface area contributed by atoms with E-state index < -0.39 is 17.3 Å². The zero-order valence-electron chi connectivity index (χ0n) is 19.6. The molecule has 1 atom stereocenters. The molecule has 0 spiro atoms. The van der Waals surface area contributed by atoms with E-state index in [0.717, 1.165) is 30.5 Å². The molecular weight excluding hydrogens is 433 g/mol. The zero-order valence-corrected chi connectivity index (χ0v) is 19.6. The van der Waals surface area contributed by atoms with Crippen LogP contribution in [0, 0.1) is 12.8 Å². The van der Waals surface area contributed by atoms with Gasteiger partial charge < -0.3 is 9.64 Å². The van der Waals surface area contributed by atoms with Crippen molar-refractivity contribution in [2.45, 2.75) is 52.3 Å². The van der Waals surface area contributed by atoms with Gasteiger partial charge in [0.05, 0.1) is 23.9 Å². The fourth-order valence-corrected chi connectivity index (χ4v) is 3.76. The summed E-state index contributed by atoms with van der Waals surface area (Å²) in [6.45, 7) is 8.63. The maximum absolute atomic E-state index is 12.8. The Labute approximate surface area is 192 Å². The molecule has 1 aliphatic heterocycles. The van der Waals surface area contributed by atoms with Gasteiger partial charge in [0.2, 0.25) is 0 Å². The maximum atomic E-state index is 12.8. The van der Waals surface area contributed by atoms with Gasteiger partial charge in [-0.3, -0.25) is 0 Å². The third-order valence-electron chi connectivity index (χ3n) is 5.36. The first-order valence-electron chi connectivity index (χ1n) is 10.9. The minimum absolute atomic E-state index is 0.146. The van der Waals surface area contributed by atoms with Gasteiger partial charge in [0, 0.05) is 30.6 Å². The Balaban J connectivity index is 1.73. The lowest BCUT2D eigenvalue weighted by atomic mass is 9.99. The van der Waals surface area contributed by atoms with Crippen molar-refractivity contribution in [3.8, 4) is 11.3 Å². The molecule has 1 aliphatic rings. The number of piperidine rings is 1. The number of aryl methyl sites for hydroxylation is 1. The van der Waals surface area contributed by atoms with Crippen LogP contribution in [0.5, 0.6) is 0 Å². The van der Waals surface area contributed by atoms with Crippen LogP contribution in [0.1, 0.15) is 44.7 Å². The van der Waals surface area contributed by atoms with E-state index in [0.29, 0.717) is 30.2 Å². The number of ether oxygens (including phenoxy) is 1.